The van der Waals surface area contributed by atoms with Crippen molar-refractivity contribution in [2.75, 3.05) is 17.2 Å². The molecule has 1 amide bonds. The van der Waals surface area contributed by atoms with Crippen LogP contribution in [-0.2, 0) is 4.79 Å². The van der Waals surface area contributed by atoms with E-state index >= 15 is 0 Å². The molecule has 0 saturated carbocycles. The summed E-state index contributed by atoms with van der Waals surface area (Å²) in [5.41, 5.74) is 5.42. The molecule has 0 spiro atoms. The van der Waals surface area contributed by atoms with Crippen LogP contribution in [0.1, 0.15) is 46.4 Å². The summed E-state index contributed by atoms with van der Waals surface area (Å²) < 4.78 is 0. The van der Waals surface area contributed by atoms with E-state index in [1.54, 1.807) is 6.07 Å². The number of rotatable bonds is 7. The van der Waals surface area contributed by atoms with E-state index < -0.39 is 6.04 Å². The quantitative estimate of drug-likeness (QED) is 0.709. The fourth-order valence-corrected chi connectivity index (χ4v) is 1.80. The summed E-state index contributed by atoms with van der Waals surface area (Å²) in [6.45, 7) is 10.7. The summed E-state index contributed by atoms with van der Waals surface area (Å²) >= 11 is 0. The maximum absolute atomic E-state index is 11.5. The Balaban J connectivity index is 3.06. The predicted molar refractivity (Wildman–Crippen MR) is 81.7 cm³/mol. The Morgan fingerprint density at radius 3 is 2.30 bits per heavy atom. The number of anilines is 2. The van der Waals surface area contributed by atoms with E-state index in [4.69, 9.17) is 5.73 Å². The SMILES string of the molecule is CCNc1cc(NC(C(N)=O)C(C)C)nc(C(C)C)n1. The zero-order valence-corrected chi connectivity index (χ0v) is 12.9. The van der Waals surface area contributed by atoms with Crippen molar-refractivity contribution in [1.82, 2.24) is 9.97 Å². The van der Waals surface area contributed by atoms with Crippen LogP contribution in [0.25, 0.3) is 0 Å². The molecule has 1 aromatic rings. The number of carbonyl (C=O) groups excluding carboxylic acids is 1. The number of nitrogens with two attached hydrogens (primary N) is 1. The summed E-state index contributed by atoms with van der Waals surface area (Å²) in [6.07, 6.45) is 0. The smallest absolute Gasteiger partial charge is 0.240 e. The van der Waals surface area contributed by atoms with E-state index in [1.807, 2.05) is 34.6 Å². The summed E-state index contributed by atoms with van der Waals surface area (Å²) in [6, 6.07) is 1.35. The molecule has 0 aromatic carbocycles. The Kier molecular flexibility index (Phi) is 5.73. The number of primary amides is 1. The highest BCUT2D eigenvalue weighted by molar-refractivity contribution is 5.83. The molecule has 0 aliphatic heterocycles. The number of nitrogens with one attached hydrogen (secondary N) is 2. The molecule has 0 fully saturated rings. The third-order valence-electron chi connectivity index (χ3n) is 2.89. The summed E-state index contributed by atoms with van der Waals surface area (Å²) in [5, 5.41) is 6.27. The number of carbonyl (C=O) groups is 1. The molecule has 0 bridgehead atoms. The fourth-order valence-electron chi connectivity index (χ4n) is 1.80. The van der Waals surface area contributed by atoms with Gasteiger partial charge in [-0.3, -0.25) is 4.79 Å². The van der Waals surface area contributed by atoms with Gasteiger partial charge >= 0.3 is 0 Å². The van der Waals surface area contributed by atoms with Crippen LogP contribution in [-0.4, -0.2) is 28.5 Å². The Morgan fingerprint density at radius 2 is 1.85 bits per heavy atom. The van der Waals surface area contributed by atoms with Gasteiger partial charge in [-0.15, -0.1) is 0 Å². The molecule has 20 heavy (non-hydrogen) atoms. The monoisotopic (exact) mass is 279 g/mol. The minimum Gasteiger partial charge on any atom is -0.370 e. The molecule has 0 aliphatic rings. The molecular weight excluding hydrogens is 254 g/mol. The highest BCUT2D eigenvalue weighted by atomic mass is 16.1. The van der Waals surface area contributed by atoms with Crippen LogP contribution in [0.4, 0.5) is 11.6 Å². The van der Waals surface area contributed by atoms with Crippen molar-refractivity contribution in [3.63, 3.8) is 0 Å². The first-order valence-corrected chi connectivity index (χ1v) is 7.03. The summed E-state index contributed by atoms with van der Waals surface area (Å²) in [7, 11) is 0. The summed E-state index contributed by atoms with van der Waals surface area (Å²) in [5.74, 6) is 2.03. The lowest BCUT2D eigenvalue weighted by Crippen LogP contribution is -2.39. The molecule has 1 atom stereocenters. The maximum Gasteiger partial charge on any atom is 0.240 e. The van der Waals surface area contributed by atoms with Crippen LogP contribution in [0.2, 0.25) is 0 Å². The zero-order valence-electron chi connectivity index (χ0n) is 12.9. The molecule has 112 valence electrons. The van der Waals surface area contributed by atoms with E-state index in [0.717, 1.165) is 18.2 Å². The van der Waals surface area contributed by atoms with Gasteiger partial charge < -0.3 is 16.4 Å². The van der Waals surface area contributed by atoms with Gasteiger partial charge in [0.1, 0.15) is 23.5 Å². The van der Waals surface area contributed by atoms with E-state index in [-0.39, 0.29) is 17.7 Å². The van der Waals surface area contributed by atoms with Gasteiger partial charge in [-0.25, -0.2) is 9.97 Å². The normalized spacial score (nSPS) is 12.6. The van der Waals surface area contributed by atoms with Gasteiger partial charge in [-0.2, -0.15) is 0 Å². The van der Waals surface area contributed by atoms with Gasteiger partial charge in [0, 0.05) is 18.5 Å². The molecule has 1 heterocycles. The Bertz CT molecular complexity index is 459. The van der Waals surface area contributed by atoms with E-state index in [1.165, 1.54) is 0 Å². The van der Waals surface area contributed by atoms with Crippen LogP contribution in [0.15, 0.2) is 6.07 Å². The Hall–Kier alpha value is -1.85. The molecule has 1 rings (SSSR count). The molecule has 0 radical (unpaired) electrons. The molecule has 6 nitrogen and oxygen atoms in total. The third-order valence-corrected chi connectivity index (χ3v) is 2.89. The van der Waals surface area contributed by atoms with Crippen LogP contribution < -0.4 is 16.4 Å². The van der Waals surface area contributed by atoms with Gasteiger partial charge in [0.15, 0.2) is 0 Å². The molecular formula is C14H25N5O. The van der Waals surface area contributed by atoms with Crippen LogP contribution >= 0.6 is 0 Å². The number of amides is 1. The zero-order chi connectivity index (χ0) is 15.3. The minimum absolute atomic E-state index is 0.0903. The largest absolute Gasteiger partial charge is 0.370 e. The number of hydrogen-bond acceptors (Lipinski definition) is 5. The van der Waals surface area contributed by atoms with Crippen molar-refractivity contribution in [3.8, 4) is 0 Å². The van der Waals surface area contributed by atoms with Crippen LogP contribution in [0, 0.1) is 5.92 Å². The molecule has 1 aromatic heterocycles. The van der Waals surface area contributed by atoms with Gasteiger partial charge in [0.2, 0.25) is 5.91 Å². The van der Waals surface area contributed by atoms with Gasteiger partial charge in [-0.1, -0.05) is 27.7 Å². The average Bonchev–Trinajstić information content (AvgIpc) is 2.35. The van der Waals surface area contributed by atoms with E-state index in [0.29, 0.717) is 5.82 Å². The van der Waals surface area contributed by atoms with Crippen molar-refractivity contribution in [3.05, 3.63) is 11.9 Å². The first kappa shape index (κ1) is 16.2. The van der Waals surface area contributed by atoms with Crippen LogP contribution in [0.3, 0.4) is 0 Å². The predicted octanol–water partition coefficient (Wildman–Crippen LogP) is 1.95. The van der Waals surface area contributed by atoms with Crippen LogP contribution in [0.5, 0.6) is 0 Å². The lowest BCUT2D eigenvalue weighted by molar-refractivity contribution is -0.119. The van der Waals surface area contributed by atoms with Crippen molar-refractivity contribution >= 4 is 17.5 Å². The minimum atomic E-state index is -0.445. The van der Waals surface area contributed by atoms with Gasteiger partial charge in [0.25, 0.3) is 0 Å². The summed E-state index contributed by atoms with van der Waals surface area (Å²) in [4.78, 5) is 20.4. The lowest BCUT2D eigenvalue weighted by Gasteiger charge is -2.20. The van der Waals surface area contributed by atoms with Crippen molar-refractivity contribution in [1.29, 1.82) is 0 Å². The first-order chi connectivity index (χ1) is 9.35. The lowest BCUT2D eigenvalue weighted by atomic mass is 10.0. The highest BCUT2D eigenvalue weighted by Crippen LogP contribution is 2.18. The molecule has 1 unspecified atom stereocenters. The highest BCUT2D eigenvalue weighted by Gasteiger charge is 2.20. The second-order valence-corrected chi connectivity index (χ2v) is 5.45. The molecule has 6 heteroatoms. The number of hydrogen-bond donors (Lipinski definition) is 3. The van der Waals surface area contributed by atoms with E-state index in [9.17, 15) is 4.79 Å². The Morgan fingerprint density at radius 1 is 1.25 bits per heavy atom. The Labute approximate surface area is 120 Å². The van der Waals surface area contributed by atoms with Crippen molar-refractivity contribution in [2.45, 2.75) is 46.6 Å². The second kappa shape index (κ2) is 7.07. The number of aromatic nitrogens is 2. The standard InChI is InChI=1S/C14H25N5O/c1-6-16-10-7-11(19-14(18-10)9(4)5)17-12(8(2)3)13(15)20/h7-9,12H,6H2,1-5H3,(H2,15,20)(H2,16,17,18,19). The molecule has 0 aliphatic carbocycles. The first-order valence-electron chi connectivity index (χ1n) is 7.03. The van der Waals surface area contributed by atoms with Crippen molar-refractivity contribution in [2.24, 2.45) is 11.7 Å². The molecule has 4 N–H and O–H groups in total. The fraction of sp³-hybridized carbons (Fsp3) is 0.643. The third kappa shape index (κ3) is 4.36. The maximum atomic E-state index is 11.5. The van der Waals surface area contributed by atoms with Gasteiger partial charge in [-0.05, 0) is 12.8 Å². The van der Waals surface area contributed by atoms with Gasteiger partial charge in [0.05, 0.1) is 0 Å². The van der Waals surface area contributed by atoms with Crippen molar-refractivity contribution < 1.29 is 4.79 Å². The second-order valence-electron chi connectivity index (χ2n) is 5.45. The number of nitrogens with zero attached hydrogens (tertiary/aromatic N) is 2. The topological polar surface area (TPSA) is 92.9 Å². The molecule has 0 saturated heterocycles. The average molecular weight is 279 g/mol. The van der Waals surface area contributed by atoms with E-state index in [2.05, 4.69) is 20.6 Å².